The number of carbonyl (C=O) groups is 1. The van der Waals surface area contributed by atoms with Gasteiger partial charge in [0.15, 0.2) is 0 Å². The first-order valence-electron chi connectivity index (χ1n) is 12.8. The molecular formula is C29H32FN7O2. The molecule has 0 bridgehead atoms. The maximum absolute atomic E-state index is 13.7. The van der Waals surface area contributed by atoms with Crippen LogP contribution in [0.3, 0.4) is 0 Å². The minimum Gasteiger partial charge on any atom is -0.494 e. The molecule has 1 aliphatic heterocycles. The highest BCUT2D eigenvalue weighted by Crippen LogP contribution is 2.39. The summed E-state index contributed by atoms with van der Waals surface area (Å²) in [4.78, 5) is 25.9. The van der Waals surface area contributed by atoms with Crippen molar-refractivity contribution in [3.63, 3.8) is 0 Å². The van der Waals surface area contributed by atoms with Gasteiger partial charge >= 0.3 is 0 Å². The van der Waals surface area contributed by atoms with E-state index in [1.54, 1.807) is 25.4 Å². The molecule has 202 valence electrons. The Balaban J connectivity index is 1.47. The number of rotatable bonds is 8. The molecule has 2 aromatic heterocycles. The number of piperidine rings is 1. The van der Waals surface area contributed by atoms with Crippen molar-refractivity contribution in [1.82, 2.24) is 19.4 Å². The summed E-state index contributed by atoms with van der Waals surface area (Å²) in [6.07, 6.45) is 6.78. The van der Waals surface area contributed by atoms with Gasteiger partial charge in [-0.2, -0.15) is 4.98 Å². The van der Waals surface area contributed by atoms with Gasteiger partial charge in [-0.1, -0.05) is 6.58 Å². The van der Waals surface area contributed by atoms with Gasteiger partial charge in [0, 0.05) is 43.0 Å². The highest BCUT2D eigenvalue weighted by atomic mass is 19.1. The van der Waals surface area contributed by atoms with Crippen LogP contribution in [0.4, 0.5) is 27.4 Å². The second kappa shape index (κ2) is 11.1. The highest BCUT2D eigenvalue weighted by molar-refractivity contribution is 6.02. The first-order valence-corrected chi connectivity index (χ1v) is 12.8. The number of amides is 1. The van der Waals surface area contributed by atoms with Gasteiger partial charge in [-0.15, -0.1) is 0 Å². The van der Waals surface area contributed by atoms with E-state index in [1.165, 1.54) is 18.2 Å². The number of nitrogens with zero attached hydrogens (tertiary/aromatic N) is 5. The van der Waals surface area contributed by atoms with Gasteiger partial charge in [0.1, 0.15) is 17.4 Å². The van der Waals surface area contributed by atoms with E-state index < -0.39 is 0 Å². The number of ether oxygens (including phenoxy) is 1. The number of carbonyl (C=O) groups excluding carboxylic acids is 1. The predicted molar refractivity (Wildman–Crippen MR) is 153 cm³/mol. The van der Waals surface area contributed by atoms with Crippen molar-refractivity contribution in [2.45, 2.75) is 18.9 Å². The van der Waals surface area contributed by atoms with Crippen molar-refractivity contribution in [3.05, 3.63) is 73.3 Å². The molecule has 0 aliphatic carbocycles. The molecule has 4 aromatic rings. The lowest BCUT2D eigenvalue weighted by atomic mass is 10.0. The second-order valence-electron chi connectivity index (χ2n) is 9.70. The number of benzene rings is 2. The number of fused-ring (bicyclic) bond motifs is 1. The Labute approximate surface area is 226 Å². The van der Waals surface area contributed by atoms with Crippen LogP contribution in [0.1, 0.15) is 12.8 Å². The minimum atomic E-state index is -0.301. The van der Waals surface area contributed by atoms with Crippen molar-refractivity contribution < 1.29 is 13.9 Å². The molecule has 0 unspecified atom stereocenters. The van der Waals surface area contributed by atoms with Crippen molar-refractivity contribution in [3.8, 4) is 11.6 Å². The summed E-state index contributed by atoms with van der Waals surface area (Å²) in [5, 5.41) is 6.97. The number of anilines is 4. The Morgan fingerprint density at radius 2 is 1.95 bits per heavy atom. The average molecular weight is 530 g/mol. The molecular weight excluding hydrogens is 497 g/mol. The largest absolute Gasteiger partial charge is 0.494 e. The van der Waals surface area contributed by atoms with Gasteiger partial charge in [-0.05, 0) is 69.4 Å². The van der Waals surface area contributed by atoms with Gasteiger partial charge in [-0.3, -0.25) is 4.79 Å². The zero-order chi connectivity index (χ0) is 27.5. The number of hydrogen-bond acceptors (Lipinski definition) is 7. The van der Waals surface area contributed by atoms with E-state index in [9.17, 15) is 9.18 Å². The smallest absolute Gasteiger partial charge is 0.247 e. The molecule has 2 N–H and O–H groups in total. The number of methoxy groups -OCH3 is 1. The summed E-state index contributed by atoms with van der Waals surface area (Å²) in [7, 11) is 5.82. The molecule has 3 heterocycles. The van der Waals surface area contributed by atoms with Crippen LogP contribution >= 0.6 is 0 Å². The van der Waals surface area contributed by atoms with Gasteiger partial charge in [0.25, 0.3) is 0 Å². The summed E-state index contributed by atoms with van der Waals surface area (Å²) in [6, 6.07) is 12.5. The molecule has 9 nitrogen and oxygen atoms in total. The Hall–Kier alpha value is -4.44. The van der Waals surface area contributed by atoms with Crippen LogP contribution < -0.4 is 20.3 Å². The normalized spacial score (nSPS) is 14.0. The van der Waals surface area contributed by atoms with E-state index in [1.807, 2.05) is 29.0 Å². The van der Waals surface area contributed by atoms with Crippen molar-refractivity contribution in [2.24, 2.45) is 0 Å². The van der Waals surface area contributed by atoms with Crippen LogP contribution in [0.25, 0.3) is 16.7 Å². The Kier molecular flexibility index (Phi) is 7.47. The molecule has 1 fully saturated rings. The van der Waals surface area contributed by atoms with Crippen molar-refractivity contribution in [2.75, 3.05) is 49.8 Å². The van der Waals surface area contributed by atoms with Crippen LogP contribution in [0, 0.1) is 5.82 Å². The number of hydrogen-bond donors (Lipinski definition) is 2. The van der Waals surface area contributed by atoms with E-state index in [0.717, 1.165) is 42.5 Å². The third-order valence-electron chi connectivity index (χ3n) is 7.08. The molecule has 1 amide bonds. The van der Waals surface area contributed by atoms with Crippen molar-refractivity contribution >= 4 is 39.8 Å². The van der Waals surface area contributed by atoms with Crippen LogP contribution in [0.15, 0.2) is 67.5 Å². The molecule has 10 heteroatoms. The maximum atomic E-state index is 13.7. The SMILES string of the molecule is C=CC(=O)Nc1cc(Nc2nccc(-n3ccc4cc(F)ccc43)n2)c(OC)cc1N1CCC(N(C)C)CC1. The molecule has 5 rings (SSSR count). The summed E-state index contributed by atoms with van der Waals surface area (Å²) >= 11 is 0. The Morgan fingerprint density at radius 3 is 2.67 bits per heavy atom. The fourth-order valence-electron chi connectivity index (χ4n) is 4.98. The summed E-state index contributed by atoms with van der Waals surface area (Å²) in [5.41, 5.74) is 2.95. The predicted octanol–water partition coefficient (Wildman–Crippen LogP) is 4.97. The Bertz CT molecular complexity index is 1510. The molecule has 0 atom stereocenters. The third kappa shape index (κ3) is 5.56. The lowest BCUT2D eigenvalue weighted by Gasteiger charge is -2.37. The van der Waals surface area contributed by atoms with E-state index >= 15 is 0 Å². The number of aromatic nitrogens is 3. The molecule has 0 radical (unpaired) electrons. The van der Waals surface area contributed by atoms with Crippen LogP contribution in [-0.4, -0.2) is 65.7 Å². The molecule has 39 heavy (non-hydrogen) atoms. The van der Waals surface area contributed by atoms with Crippen LogP contribution in [0.5, 0.6) is 5.75 Å². The molecule has 1 saturated heterocycles. The van der Waals surface area contributed by atoms with E-state index in [2.05, 4.69) is 51.1 Å². The van der Waals surface area contributed by atoms with Gasteiger partial charge in [0.05, 0.1) is 29.7 Å². The van der Waals surface area contributed by atoms with E-state index in [0.29, 0.717) is 34.9 Å². The fraction of sp³-hybridized carbons (Fsp3) is 0.276. The first kappa shape index (κ1) is 26.2. The van der Waals surface area contributed by atoms with Crippen LogP contribution in [-0.2, 0) is 4.79 Å². The van der Waals surface area contributed by atoms with Crippen LogP contribution in [0.2, 0.25) is 0 Å². The van der Waals surface area contributed by atoms with Crippen molar-refractivity contribution in [1.29, 1.82) is 0 Å². The molecule has 0 spiro atoms. The Morgan fingerprint density at radius 1 is 1.15 bits per heavy atom. The van der Waals surface area contributed by atoms with E-state index in [4.69, 9.17) is 4.74 Å². The first-order chi connectivity index (χ1) is 18.9. The quantitative estimate of drug-likeness (QED) is 0.312. The van der Waals surface area contributed by atoms with Gasteiger partial charge in [-0.25, -0.2) is 9.37 Å². The summed E-state index contributed by atoms with van der Waals surface area (Å²) in [6.45, 7) is 5.31. The summed E-state index contributed by atoms with van der Waals surface area (Å²) in [5.74, 6) is 0.961. The van der Waals surface area contributed by atoms with Gasteiger partial charge < -0.3 is 29.7 Å². The molecule has 1 aliphatic rings. The third-order valence-corrected chi connectivity index (χ3v) is 7.08. The zero-order valence-corrected chi connectivity index (χ0v) is 22.3. The molecule has 2 aromatic carbocycles. The highest BCUT2D eigenvalue weighted by Gasteiger charge is 2.24. The average Bonchev–Trinajstić information content (AvgIpc) is 3.36. The summed E-state index contributed by atoms with van der Waals surface area (Å²) < 4.78 is 21.3. The topological polar surface area (TPSA) is 87.5 Å². The fourth-order valence-corrected chi connectivity index (χ4v) is 4.98. The number of nitrogens with one attached hydrogen (secondary N) is 2. The van der Waals surface area contributed by atoms with E-state index in [-0.39, 0.29) is 11.7 Å². The molecule has 0 saturated carbocycles. The zero-order valence-electron chi connectivity index (χ0n) is 22.3. The lowest BCUT2D eigenvalue weighted by Crippen LogP contribution is -2.42. The van der Waals surface area contributed by atoms with Gasteiger partial charge in [0.2, 0.25) is 11.9 Å². The lowest BCUT2D eigenvalue weighted by molar-refractivity contribution is -0.111. The monoisotopic (exact) mass is 529 g/mol. The minimum absolute atomic E-state index is 0.290. The number of halogens is 1. The second-order valence-corrected chi connectivity index (χ2v) is 9.70. The maximum Gasteiger partial charge on any atom is 0.247 e. The standard InChI is InChI=1S/C29H32FN7O2/c1-5-28(38)32-22-17-23(26(39-4)18-25(22)36-13-10-21(11-14-36)35(2)3)33-29-31-12-8-27(34-29)37-15-9-19-16-20(30)6-7-24(19)37/h5-9,12,15-18,21H,1,10-11,13-14H2,2-4H3,(H,32,38)(H,31,33,34).